The number of nitrogens with one attached hydrogen (secondary N) is 1. The summed E-state index contributed by atoms with van der Waals surface area (Å²) >= 11 is 0. The molecular weight excluding hydrogens is 354 g/mol. The van der Waals surface area contributed by atoms with Gasteiger partial charge in [-0.2, -0.15) is 5.10 Å². The zero-order valence-electron chi connectivity index (χ0n) is 16.6. The summed E-state index contributed by atoms with van der Waals surface area (Å²) in [7, 11) is 3.27. The average molecular weight is 377 g/mol. The van der Waals surface area contributed by atoms with Crippen LogP contribution in [-0.4, -0.2) is 34.5 Å². The number of aromatic nitrogens is 3. The number of ether oxygens (including phenoxy) is 2. The summed E-state index contributed by atoms with van der Waals surface area (Å²) in [5, 5.41) is 20.3. The first kappa shape index (κ1) is 18.1. The van der Waals surface area contributed by atoms with Crippen LogP contribution in [0.15, 0.2) is 30.5 Å². The molecule has 0 bridgehead atoms. The molecule has 0 unspecified atom stereocenters. The monoisotopic (exact) mass is 377 g/mol. The van der Waals surface area contributed by atoms with E-state index in [0.29, 0.717) is 22.9 Å². The van der Waals surface area contributed by atoms with Crippen LogP contribution in [0.5, 0.6) is 17.2 Å². The van der Waals surface area contributed by atoms with Crippen molar-refractivity contribution >= 4 is 21.8 Å². The normalized spacial score (nSPS) is 11.5. The number of fused-ring (bicyclic) bond motifs is 3. The Morgan fingerprint density at radius 1 is 1.07 bits per heavy atom. The Morgan fingerprint density at radius 2 is 1.86 bits per heavy atom. The molecule has 0 saturated heterocycles. The molecule has 0 saturated carbocycles. The molecule has 2 heterocycles. The van der Waals surface area contributed by atoms with Gasteiger partial charge in [0.05, 0.1) is 26.1 Å². The lowest BCUT2D eigenvalue weighted by molar-refractivity contribution is 0.354. The SMILES string of the molecule is COc1cc2c(-c3ccc(O)c(C(C)C)c3)nc3[nH]ncc3c2c(C)c1OC. The first-order valence-electron chi connectivity index (χ1n) is 9.17. The zero-order chi connectivity index (χ0) is 20.0. The quantitative estimate of drug-likeness (QED) is 0.527. The molecule has 0 aliphatic heterocycles. The van der Waals surface area contributed by atoms with Crippen LogP contribution in [0.3, 0.4) is 0 Å². The number of nitrogens with zero attached hydrogens (tertiary/aromatic N) is 2. The number of aryl methyl sites for hydroxylation is 1. The molecule has 0 atom stereocenters. The molecule has 6 heteroatoms. The lowest BCUT2D eigenvalue weighted by Crippen LogP contribution is -1.98. The average Bonchev–Trinajstić information content (AvgIpc) is 3.15. The first-order valence-corrected chi connectivity index (χ1v) is 9.17. The van der Waals surface area contributed by atoms with Crippen LogP contribution in [0.2, 0.25) is 0 Å². The Kier molecular flexibility index (Phi) is 4.34. The van der Waals surface area contributed by atoms with Gasteiger partial charge in [-0.25, -0.2) is 4.98 Å². The molecular formula is C22H23N3O3. The number of rotatable bonds is 4. The van der Waals surface area contributed by atoms with Gasteiger partial charge in [0, 0.05) is 27.3 Å². The van der Waals surface area contributed by atoms with Gasteiger partial charge < -0.3 is 14.6 Å². The first-order chi connectivity index (χ1) is 13.5. The summed E-state index contributed by atoms with van der Waals surface area (Å²) in [4.78, 5) is 4.84. The van der Waals surface area contributed by atoms with Crippen molar-refractivity contribution in [1.82, 2.24) is 15.2 Å². The van der Waals surface area contributed by atoms with Gasteiger partial charge in [-0.05, 0) is 42.7 Å². The second kappa shape index (κ2) is 6.71. The Balaban J connectivity index is 2.14. The van der Waals surface area contributed by atoms with Crippen molar-refractivity contribution in [2.75, 3.05) is 14.2 Å². The second-order valence-electron chi connectivity index (χ2n) is 7.18. The maximum atomic E-state index is 10.2. The highest BCUT2D eigenvalue weighted by Gasteiger charge is 2.20. The van der Waals surface area contributed by atoms with E-state index >= 15 is 0 Å². The molecule has 2 aromatic heterocycles. The van der Waals surface area contributed by atoms with Crippen molar-refractivity contribution in [3.05, 3.63) is 41.6 Å². The van der Waals surface area contributed by atoms with Crippen LogP contribution in [0.1, 0.15) is 30.9 Å². The van der Waals surface area contributed by atoms with E-state index in [0.717, 1.165) is 38.5 Å². The van der Waals surface area contributed by atoms with E-state index in [-0.39, 0.29) is 5.92 Å². The van der Waals surface area contributed by atoms with Gasteiger partial charge in [-0.1, -0.05) is 13.8 Å². The van der Waals surface area contributed by atoms with E-state index in [1.54, 1.807) is 26.5 Å². The molecule has 2 aromatic carbocycles. The van der Waals surface area contributed by atoms with E-state index < -0.39 is 0 Å². The highest BCUT2D eigenvalue weighted by atomic mass is 16.5. The van der Waals surface area contributed by atoms with Gasteiger partial charge in [0.15, 0.2) is 17.1 Å². The molecule has 144 valence electrons. The summed E-state index contributed by atoms with van der Waals surface area (Å²) in [5.74, 6) is 1.84. The maximum Gasteiger partial charge on any atom is 0.164 e. The number of aromatic amines is 1. The van der Waals surface area contributed by atoms with Gasteiger partial charge in [0.2, 0.25) is 0 Å². The molecule has 4 rings (SSSR count). The molecule has 0 radical (unpaired) electrons. The van der Waals surface area contributed by atoms with Crippen molar-refractivity contribution in [1.29, 1.82) is 0 Å². The van der Waals surface area contributed by atoms with Crippen LogP contribution >= 0.6 is 0 Å². The minimum atomic E-state index is 0.193. The summed E-state index contributed by atoms with van der Waals surface area (Å²) in [6.07, 6.45) is 1.78. The molecule has 0 amide bonds. The van der Waals surface area contributed by atoms with E-state index in [2.05, 4.69) is 24.0 Å². The molecule has 2 N–H and O–H groups in total. The Bertz CT molecular complexity index is 1200. The number of pyridine rings is 1. The van der Waals surface area contributed by atoms with Crippen LogP contribution in [0.25, 0.3) is 33.1 Å². The van der Waals surface area contributed by atoms with Crippen molar-refractivity contribution in [2.45, 2.75) is 26.7 Å². The lowest BCUT2D eigenvalue weighted by atomic mass is 9.94. The number of methoxy groups -OCH3 is 2. The fraction of sp³-hybridized carbons (Fsp3) is 0.273. The van der Waals surface area contributed by atoms with Crippen LogP contribution < -0.4 is 9.47 Å². The zero-order valence-corrected chi connectivity index (χ0v) is 16.6. The molecule has 28 heavy (non-hydrogen) atoms. The minimum Gasteiger partial charge on any atom is -0.508 e. The summed E-state index contributed by atoms with van der Waals surface area (Å²) in [6.45, 7) is 6.12. The topological polar surface area (TPSA) is 80.3 Å². The van der Waals surface area contributed by atoms with Gasteiger partial charge in [0.1, 0.15) is 5.75 Å². The largest absolute Gasteiger partial charge is 0.508 e. The third kappa shape index (κ3) is 2.64. The van der Waals surface area contributed by atoms with Gasteiger partial charge in [-0.3, -0.25) is 5.10 Å². The number of phenols is 1. The number of hydrogen-bond acceptors (Lipinski definition) is 5. The van der Waals surface area contributed by atoms with Crippen molar-refractivity contribution < 1.29 is 14.6 Å². The standard InChI is InChI=1S/C22H23N3O3/c1-11(2)14-8-13(6-7-17(14)26)20-15-9-18(27-4)21(28-5)12(3)19(15)16-10-23-25-22(16)24-20/h6-11,26H,1-5H3,(H,23,24,25). The molecule has 0 aliphatic rings. The summed E-state index contributed by atoms with van der Waals surface area (Å²) < 4.78 is 11.2. The van der Waals surface area contributed by atoms with E-state index in [1.807, 2.05) is 25.1 Å². The number of H-pyrrole nitrogens is 1. The highest BCUT2D eigenvalue weighted by molar-refractivity contribution is 6.12. The fourth-order valence-electron chi connectivity index (χ4n) is 3.81. The molecule has 6 nitrogen and oxygen atoms in total. The van der Waals surface area contributed by atoms with Gasteiger partial charge in [0.25, 0.3) is 0 Å². The third-order valence-corrected chi connectivity index (χ3v) is 5.20. The second-order valence-corrected chi connectivity index (χ2v) is 7.18. The van der Waals surface area contributed by atoms with Crippen molar-refractivity contribution in [2.24, 2.45) is 0 Å². The number of phenolic OH excluding ortho intramolecular Hbond substituents is 1. The number of benzene rings is 2. The lowest BCUT2D eigenvalue weighted by Gasteiger charge is -2.17. The van der Waals surface area contributed by atoms with Crippen LogP contribution in [-0.2, 0) is 0 Å². The van der Waals surface area contributed by atoms with E-state index in [9.17, 15) is 5.11 Å². The Hall–Kier alpha value is -3.28. The van der Waals surface area contributed by atoms with Crippen molar-refractivity contribution in [3.8, 4) is 28.5 Å². The molecule has 0 spiro atoms. The number of hydrogen-bond donors (Lipinski definition) is 2. The highest BCUT2D eigenvalue weighted by Crippen LogP contribution is 2.43. The predicted octanol–water partition coefficient (Wildman–Crippen LogP) is 4.93. The van der Waals surface area contributed by atoms with E-state index in [1.165, 1.54) is 0 Å². The predicted molar refractivity (Wildman–Crippen MR) is 110 cm³/mol. The number of aromatic hydroxyl groups is 1. The summed E-state index contributed by atoms with van der Waals surface area (Å²) in [5.41, 5.74) is 4.29. The summed E-state index contributed by atoms with van der Waals surface area (Å²) in [6, 6.07) is 7.56. The smallest absolute Gasteiger partial charge is 0.164 e. The van der Waals surface area contributed by atoms with Gasteiger partial charge >= 0.3 is 0 Å². The maximum absolute atomic E-state index is 10.2. The third-order valence-electron chi connectivity index (χ3n) is 5.20. The molecule has 0 aliphatic carbocycles. The van der Waals surface area contributed by atoms with Crippen LogP contribution in [0.4, 0.5) is 0 Å². The Labute approximate surface area is 163 Å². The fourth-order valence-corrected chi connectivity index (χ4v) is 3.81. The van der Waals surface area contributed by atoms with Gasteiger partial charge in [-0.15, -0.1) is 0 Å². The van der Waals surface area contributed by atoms with Crippen molar-refractivity contribution in [3.63, 3.8) is 0 Å². The van der Waals surface area contributed by atoms with E-state index in [4.69, 9.17) is 14.5 Å². The van der Waals surface area contributed by atoms with Crippen LogP contribution in [0, 0.1) is 6.92 Å². The minimum absolute atomic E-state index is 0.193. The molecule has 4 aromatic rings. The molecule has 0 fully saturated rings. The Morgan fingerprint density at radius 3 is 2.54 bits per heavy atom.